The van der Waals surface area contributed by atoms with E-state index in [4.69, 9.17) is 0 Å². The third kappa shape index (κ3) is 1.54. The van der Waals surface area contributed by atoms with E-state index in [1.54, 1.807) is 6.07 Å². The zero-order valence-electron chi connectivity index (χ0n) is 10.0. The fraction of sp³-hybridized carbons (Fsp3) is 0.385. The first-order valence-corrected chi connectivity index (χ1v) is 5.99. The highest BCUT2D eigenvalue weighted by molar-refractivity contribution is 6.21. The Kier molecular flexibility index (Phi) is 2.47. The average molecular weight is 243 g/mol. The molecule has 1 fully saturated rings. The molecule has 2 aliphatic rings. The fourth-order valence-electron chi connectivity index (χ4n) is 2.64. The lowest BCUT2D eigenvalue weighted by atomic mass is 9.82. The van der Waals surface area contributed by atoms with E-state index < -0.39 is 0 Å². The van der Waals surface area contributed by atoms with Crippen LogP contribution in [0.5, 0.6) is 0 Å². The number of allylic oxidation sites excluding steroid dienone is 2. The van der Waals surface area contributed by atoms with Crippen LogP contribution in [-0.2, 0) is 9.59 Å². The Morgan fingerprint density at radius 2 is 1.83 bits per heavy atom. The van der Waals surface area contributed by atoms with Crippen LogP contribution < -0.4 is 4.90 Å². The molecule has 1 aliphatic heterocycles. The number of hydrogen-bond acceptors (Lipinski definition) is 4. The van der Waals surface area contributed by atoms with Crippen molar-refractivity contribution in [2.24, 2.45) is 11.8 Å². The molecule has 0 aromatic carbocycles. The van der Waals surface area contributed by atoms with Crippen LogP contribution in [0, 0.1) is 11.8 Å². The highest BCUT2D eigenvalue weighted by Crippen LogP contribution is 2.38. The molecule has 5 nitrogen and oxygen atoms in total. The van der Waals surface area contributed by atoms with Crippen molar-refractivity contribution in [3.8, 4) is 0 Å². The largest absolute Gasteiger partial charge is 0.274 e. The summed E-state index contributed by atoms with van der Waals surface area (Å²) in [6, 6.07) is 1.66. The lowest BCUT2D eigenvalue weighted by Crippen LogP contribution is -2.32. The van der Waals surface area contributed by atoms with E-state index >= 15 is 0 Å². The summed E-state index contributed by atoms with van der Waals surface area (Å²) >= 11 is 0. The smallest absolute Gasteiger partial charge is 0.240 e. The number of hydrogen-bond donors (Lipinski definition) is 0. The number of amides is 2. The molecule has 3 rings (SSSR count). The van der Waals surface area contributed by atoms with Crippen molar-refractivity contribution < 1.29 is 9.59 Å². The maximum Gasteiger partial charge on any atom is 0.240 e. The van der Waals surface area contributed by atoms with Crippen LogP contribution in [-0.4, -0.2) is 21.8 Å². The van der Waals surface area contributed by atoms with E-state index in [0.29, 0.717) is 12.8 Å². The van der Waals surface area contributed by atoms with Gasteiger partial charge < -0.3 is 0 Å². The van der Waals surface area contributed by atoms with Crippen LogP contribution in [0.1, 0.15) is 19.8 Å². The van der Waals surface area contributed by atoms with Crippen LogP contribution in [0.4, 0.5) is 5.95 Å². The van der Waals surface area contributed by atoms with Gasteiger partial charge in [0.2, 0.25) is 17.8 Å². The first kappa shape index (κ1) is 11.1. The van der Waals surface area contributed by atoms with Gasteiger partial charge in [-0.1, -0.05) is 11.6 Å². The molecule has 0 saturated carbocycles. The number of imide groups is 1. The molecule has 1 aliphatic carbocycles. The van der Waals surface area contributed by atoms with E-state index in [1.165, 1.54) is 18.0 Å². The SMILES string of the molecule is CC1=CCC2C(=O)N(c3ncccn3)C(=O)C2C1. The van der Waals surface area contributed by atoms with Crippen LogP contribution in [0.2, 0.25) is 0 Å². The summed E-state index contributed by atoms with van der Waals surface area (Å²) in [4.78, 5) is 33.7. The summed E-state index contributed by atoms with van der Waals surface area (Å²) in [7, 11) is 0. The molecule has 18 heavy (non-hydrogen) atoms. The zero-order valence-corrected chi connectivity index (χ0v) is 10.0. The van der Waals surface area contributed by atoms with E-state index in [-0.39, 0.29) is 29.6 Å². The Morgan fingerprint density at radius 1 is 1.17 bits per heavy atom. The Bertz CT molecular complexity index is 538. The first-order valence-electron chi connectivity index (χ1n) is 5.99. The van der Waals surface area contributed by atoms with Gasteiger partial charge >= 0.3 is 0 Å². The Hall–Kier alpha value is -2.04. The summed E-state index contributed by atoms with van der Waals surface area (Å²) in [5.41, 5.74) is 1.17. The molecule has 5 heteroatoms. The molecule has 1 aromatic rings. The van der Waals surface area contributed by atoms with Gasteiger partial charge in [-0.15, -0.1) is 0 Å². The maximum absolute atomic E-state index is 12.3. The number of anilines is 1. The van der Waals surface area contributed by atoms with Crippen molar-refractivity contribution in [2.45, 2.75) is 19.8 Å². The number of fused-ring (bicyclic) bond motifs is 1. The van der Waals surface area contributed by atoms with E-state index in [9.17, 15) is 9.59 Å². The first-order chi connectivity index (χ1) is 8.68. The summed E-state index contributed by atoms with van der Waals surface area (Å²) in [5, 5.41) is 0. The van der Waals surface area contributed by atoms with Crippen LogP contribution in [0.25, 0.3) is 0 Å². The van der Waals surface area contributed by atoms with Gasteiger partial charge in [0.05, 0.1) is 11.8 Å². The molecule has 2 heterocycles. The lowest BCUT2D eigenvalue weighted by Gasteiger charge is -2.18. The van der Waals surface area contributed by atoms with Gasteiger partial charge in [0.15, 0.2) is 0 Å². The predicted octanol–water partition coefficient (Wildman–Crippen LogP) is 1.32. The van der Waals surface area contributed by atoms with Gasteiger partial charge in [-0.3, -0.25) is 9.59 Å². The van der Waals surface area contributed by atoms with Gasteiger partial charge in [0, 0.05) is 12.4 Å². The van der Waals surface area contributed by atoms with Crippen molar-refractivity contribution in [1.29, 1.82) is 0 Å². The second-order valence-electron chi connectivity index (χ2n) is 4.76. The molecular weight excluding hydrogens is 230 g/mol. The molecule has 0 spiro atoms. The van der Waals surface area contributed by atoms with E-state index in [1.807, 2.05) is 13.0 Å². The number of aromatic nitrogens is 2. The predicted molar refractivity (Wildman–Crippen MR) is 64.5 cm³/mol. The topological polar surface area (TPSA) is 63.2 Å². The molecule has 92 valence electrons. The average Bonchev–Trinajstić information content (AvgIpc) is 2.63. The molecule has 2 unspecified atom stereocenters. The molecule has 0 N–H and O–H groups in total. The molecule has 0 radical (unpaired) electrons. The minimum Gasteiger partial charge on any atom is -0.274 e. The highest BCUT2D eigenvalue weighted by atomic mass is 16.2. The minimum absolute atomic E-state index is 0.163. The second-order valence-corrected chi connectivity index (χ2v) is 4.76. The third-order valence-corrected chi connectivity index (χ3v) is 3.58. The Labute approximate surface area is 105 Å². The summed E-state index contributed by atoms with van der Waals surface area (Å²) in [5.74, 6) is -0.598. The highest BCUT2D eigenvalue weighted by Gasteiger charge is 2.49. The number of carbonyl (C=O) groups excluding carboxylic acids is 2. The Balaban J connectivity index is 1.96. The standard InChI is InChI=1S/C13H13N3O2/c1-8-3-4-9-10(7-8)12(18)16(11(9)17)13-14-5-2-6-15-13/h2-3,5-6,9-10H,4,7H2,1H3. The number of carbonyl (C=O) groups is 2. The van der Waals surface area contributed by atoms with Gasteiger partial charge in [-0.05, 0) is 25.8 Å². The summed E-state index contributed by atoms with van der Waals surface area (Å²) < 4.78 is 0. The van der Waals surface area contributed by atoms with Gasteiger partial charge in [0.25, 0.3) is 0 Å². The molecule has 1 saturated heterocycles. The second kappa shape index (κ2) is 4.01. The molecule has 2 atom stereocenters. The Morgan fingerprint density at radius 3 is 2.56 bits per heavy atom. The van der Waals surface area contributed by atoms with Crippen LogP contribution in [0.15, 0.2) is 30.1 Å². The van der Waals surface area contributed by atoms with Crippen molar-refractivity contribution >= 4 is 17.8 Å². The minimum atomic E-state index is -0.231. The quantitative estimate of drug-likeness (QED) is 0.551. The molecule has 1 aromatic heterocycles. The van der Waals surface area contributed by atoms with E-state index in [0.717, 1.165) is 4.90 Å². The van der Waals surface area contributed by atoms with Crippen molar-refractivity contribution in [1.82, 2.24) is 9.97 Å². The van der Waals surface area contributed by atoms with Gasteiger partial charge in [0.1, 0.15) is 0 Å². The number of rotatable bonds is 1. The van der Waals surface area contributed by atoms with Gasteiger partial charge in [-0.25, -0.2) is 14.9 Å². The van der Waals surface area contributed by atoms with Crippen molar-refractivity contribution in [3.05, 3.63) is 30.1 Å². The zero-order chi connectivity index (χ0) is 12.7. The van der Waals surface area contributed by atoms with E-state index in [2.05, 4.69) is 9.97 Å². The maximum atomic E-state index is 12.3. The molecule has 0 bridgehead atoms. The van der Waals surface area contributed by atoms with Gasteiger partial charge in [-0.2, -0.15) is 0 Å². The lowest BCUT2D eigenvalue weighted by molar-refractivity contribution is -0.122. The normalized spacial score (nSPS) is 27.2. The summed E-state index contributed by atoms with van der Waals surface area (Å²) in [6.07, 6.45) is 6.42. The number of nitrogens with zero attached hydrogens (tertiary/aromatic N) is 3. The fourth-order valence-corrected chi connectivity index (χ4v) is 2.64. The third-order valence-electron chi connectivity index (χ3n) is 3.58. The molecule has 2 amide bonds. The van der Waals surface area contributed by atoms with Crippen LogP contribution >= 0.6 is 0 Å². The monoisotopic (exact) mass is 243 g/mol. The van der Waals surface area contributed by atoms with Crippen LogP contribution in [0.3, 0.4) is 0 Å². The van der Waals surface area contributed by atoms with Crippen molar-refractivity contribution in [2.75, 3.05) is 4.90 Å². The molecular formula is C13H13N3O2. The summed E-state index contributed by atoms with van der Waals surface area (Å²) in [6.45, 7) is 2.00. The van der Waals surface area contributed by atoms with Crippen molar-refractivity contribution in [3.63, 3.8) is 0 Å².